The van der Waals surface area contributed by atoms with E-state index < -0.39 is 23.1 Å². The largest absolute Gasteiger partial charge is 0.332 e. The van der Waals surface area contributed by atoms with E-state index >= 15 is 0 Å². The Labute approximate surface area is 181 Å². The zero-order chi connectivity index (χ0) is 21.2. The Bertz CT molecular complexity index is 1010. The van der Waals surface area contributed by atoms with E-state index in [2.05, 4.69) is 10.2 Å². The molecular weight excluding hydrogens is 396 g/mol. The third-order valence-corrected chi connectivity index (χ3v) is 8.20. The molecule has 1 amide bonds. The minimum atomic E-state index is -0.768. The molecule has 3 aliphatic carbocycles. The lowest BCUT2D eigenvalue weighted by atomic mass is 9.68. The number of nitrogens with zero attached hydrogens (tertiary/aromatic N) is 2. The highest BCUT2D eigenvalue weighted by molar-refractivity contribution is 5.96. The Balaban J connectivity index is 1.22. The number of halogens is 2. The van der Waals surface area contributed by atoms with Crippen LogP contribution in [0.25, 0.3) is 11.1 Å². The molecule has 2 aromatic carbocycles. The van der Waals surface area contributed by atoms with Crippen LogP contribution in [0.2, 0.25) is 0 Å². The highest BCUT2D eigenvalue weighted by atomic mass is 19.1. The van der Waals surface area contributed by atoms with Crippen molar-refractivity contribution in [2.45, 2.75) is 24.8 Å². The van der Waals surface area contributed by atoms with Crippen LogP contribution in [0, 0.1) is 23.0 Å². The maximum absolute atomic E-state index is 15.0. The van der Waals surface area contributed by atoms with Gasteiger partial charge in [0.15, 0.2) is 0 Å². The standard InChI is InChI=1S/C25H27F2N3O/c26-20-10-18(17-4-2-1-3-5-17)11-21(27)22(20)23(31)30-16-24-14-25(30,15-24)12-19(24)13-29-8-6-28-7-9-29/h1-5,10-11,19,28H,6-9,12-16H2/t19-,24?,25?/m0/s1. The Morgan fingerprint density at radius 1 is 1.03 bits per heavy atom. The number of piperazine rings is 1. The molecule has 6 heteroatoms. The van der Waals surface area contributed by atoms with Crippen LogP contribution in [0.3, 0.4) is 0 Å². The summed E-state index contributed by atoms with van der Waals surface area (Å²) in [4.78, 5) is 17.6. The third kappa shape index (κ3) is 2.88. The van der Waals surface area contributed by atoms with Gasteiger partial charge in [0.05, 0.1) is 0 Å². The second kappa shape index (κ2) is 6.84. The minimum absolute atomic E-state index is 0.150. The van der Waals surface area contributed by atoms with Crippen LogP contribution in [-0.2, 0) is 0 Å². The average Bonchev–Trinajstić information content (AvgIpc) is 3.44. The topological polar surface area (TPSA) is 35.6 Å². The molecular formula is C25H27F2N3O. The summed E-state index contributed by atoms with van der Waals surface area (Å²) in [6.45, 7) is 5.95. The van der Waals surface area contributed by atoms with Crippen molar-refractivity contribution in [3.8, 4) is 11.1 Å². The number of hydrogen-bond acceptors (Lipinski definition) is 3. The molecule has 6 aliphatic rings. The number of piperidine rings is 1. The fourth-order valence-electron chi connectivity index (χ4n) is 6.85. The molecule has 3 heterocycles. The lowest BCUT2D eigenvalue weighted by Gasteiger charge is -2.39. The van der Waals surface area contributed by atoms with Gasteiger partial charge in [0, 0.05) is 44.8 Å². The number of carbonyl (C=O) groups is 1. The van der Waals surface area contributed by atoms with E-state index in [1.54, 1.807) is 17.0 Å². The fraction of sp³-hybridized carbons (Fsp3) is 0.480. The molecule has 0 spiro atoms. The van der Waals surface area contributed by atoms with Crippen LogP contribution >= 0.6 is 0 Å². The molecule has 2 bridgehead atoms. The molecule has 2 aromatic rings. The van der Waals surface area contributed by atoms with E-state index in [-0.39, 0.29) is 11.0 Å². The van der Waals surface area contributed by atoms with Crippen molar-refractivity contribution in [3.63, 3.8) is 0 Å². The van der Waals surface area contributed by atoms with Crippen LogP contribution in [0.5, 0.6) is 0 Å². The molecule has 3 aliphatic heterocycles. The second-order valence-electron chi connectivity index (χ2n) is 9.96. The summed E-state index contributed by atoms with van der Waals surface area (Å²) in [5, 5.41) is 3.39. The Hall–Kier alpha value is -2.31. The summed E-state index contributed by atoms with van der Waals surface area (Å²) in [6, 6.07) is 11.7. The van der Waals surface area contributed by atoms with Gasteiger partial charge in [-0.25, -0.2) is 8.78 Å². The van der Waals surface area contributed by atoms with Crippen LogP contribution in [0.4, 0.5) is 8.78 Å². The van der Waals surface area contributed by atoms with Gasteiger partial charge in [-0.1, -0.05) is 30.3 Å². The number of amides is 1. The number of carbonyl (C=O) groups excluding carboxylic acids is 1. The van der Waals surface area contributed by atoms with E-state index in [1.165, 1.54) is 12.1 Å². The molecule has 3 saturated heterocycles. The van der Waals surface area contributed by atoms with Gasteiger partial charge in [0.25, 0.3) is 5.91 Å². The zero-order valence-electron chi connectivity index (χ0n) is 17.5. The first-order chi connectivity index (χ1) is 15.0. The summed E-state index contributed by atoms with van der Waals surface area (Å²) in [5.74, 6) is -1.43. The van der Waals surface area contributed by atoms with Crippen molar-refractivity contribution in [1.29, 1.82) is 0 Å². The monoisotopic (exact) mass is 423 g/mol. The van der Waals surface area contributed by atoms with E-state index in [1.807, 2.05) is 18.2 Å². The first-order valence-corrected chi connectivity index (χ1v) is 11.3. The summed E-state index contributed by atoms with van der Waals surface area (Å²) in [7, 11) is 0. The number of fused-ring (bicyclic) bond motifs is 2. The summed E-state index contributed by atoms with van der Waals surface area (Å²) in [6.07, 6.45) is 2.95. The molecule has 1 atom stereocenters. The van der Waals surface area contributed by atoms with Gasteiger partial charge in [0.2, 0.25) is 0 Å². The molecule has 162 valence electrons. The normalized spacial score (nSPS) is 31.7. The van der Waals surface area contributed by atoms with Gasteiger partial charge in [-0.2, -0.15) is 0 Å². The lowest BCUT2D eigenvalue weighted by Crippen LogP contribution is -2.48. The van der Waals surface area contributed by atoms with Crippen molar-refractivity contribution in [3.05, 3.63) is 59.7 Å². The first kappa shape index (κ1) is 19.4. The predicted molar refractivity (Wildman–Crippen MR) is 115 cm³/mol. The van der Waals surface area contributed by atoms with Gasteiger partial charge in [-0.15, -0.1) is 0 Å². The average molecular weight is 424 g/mol. The fourth-order valence-corrected chi connectivity index (χ4v) is 6.85. The molecule has 0 aromatic heterocycles. The van der Waals surface area contributed by atoms with Crippen LogP contribution in [-0.4, -0.2) is 60.5 Å². The Kier molecular flexibility index (Phi) is 4.28. The molecule has 8 rings (SSSR count). The van der Waals surface area contributed by atoms with Crippen LogP contribution < -0.4 is 5.32 Å². The summed E-state index contributed by atoms with van der Waals surface area (Å²) >= 11 is 0. The smallest absolute Gasteiger partial charge is 0.260 e. The Morgan fingerprint density at radius 2 is 1.71 bits per heavy atom. The van der Waals surface area contributed by atoms with Crippen molar-refractivity contribution in [2.75, 3.05) is 39.3 Å². The van der Waals surface area contributed by atoms with Gasteiger partial charge in [-0.05, 0) is 53.9 Å². The number of hydrogen-bond donors (Lipinski definition) is 1. The molecule has 0 unspecified atom stereocenters. The van der Waals surface area contributed by atoms with Crippen molar-refractivity contribution >= 4 is 5.91 Å². The summed E-state index contributed by atoms with van der Waals surface area (Å²) in [5.41, 5.74) is 0.745. The molecule has 4 nitrogen and oxygen atoms in total. The van der Waals surface area contributed by atoms with Gasteiger partial charge < -0.3 is 15.1 Å². The van der Waals surface area contributed by atoms with E-state index in [9.17, 15) is 13.6 Å². The van der Waals surface area contributed by atoms with Gasteiger partial charge >= 0.3 is 0 Å². The highest BCUT2D eigenvalue weighted by Crippen LogP contribution is 2.73. The predicted octanol–water partition coefficient (Wildman–Crippen LogP) is 3.53. The highest BCUT2D eigenvalue weighted by Gasteiger charge is 2.75. The van der Waals surface area contributed by atoms with Gasteiger partial charge in [-0.3, -0.25) is 4.79 Å². The second-order valence-corrected chi connectivity index (χ2v) is 9.96. The van der Waals surface area contributed by atoms with E-state index in [0.29, 0.717) is 18.0 Å². The maximum atomic E-state index is 15.0. The first-order valence-electron chi connectivity index (χ1n) is 11.3. The van der Waals surface area contributed by atoms with Crippen molar-refractivity contribution in [1.82, 2.24) is 15.1 Å². The number of rotatable bonds is 4. The zero-order valence-corrected chi connectivity index (χ0v) is 17.5. The number of benzene rings is 2. The molecule has 3 saturated carbocycles. The SMILES string of the molecule is O=C(c1c(F)cc(-c2ccccc2)cc1F)N1CC23CC1(C[C@H]2CN1CCNCC1)C3. The van der Waals surface area contributed by atoms with Crippen molar-refractivity contribution < 1.29 is 13.6 Å². The molecule has 31 heavy (non-hydrogen) atoms. The molecule has 6 fully saturated rings. The minimum Gasteiger partial charge on any atom is -0.332 e. The molecule has 0 radical (unpaired) electrons. The quantitative estimate of drug-likeness (QED) is 0.817. The van der Waals surface area contributed by atoms with Crippen LogP contribution in [0.1, 0.15) is 29.6 Å². The molecule has 1 N–H and O–H groups in total. The third-order valence-electron chi connectivity index (χ3n) is 8.20. The van der Waals surface area contributed by atoms with E-state index in [0.717, 1.165) is 57.5 Å². The van der Waals surface area contributed by atoms with E-state index in [4.69, 9.17) is 0 Å². The number of nitrogens with one attached hydrogen (secondary N) is 1. The van der Waals surface area contributed by atoms with Crippen LogP contribution in [0.15, 0.2) is 42.5 Å². The van der Waals surface area contributed by atoms with Gasteiger partial charge in [0.1, 0.15) is 17.2 Å². The lowest BCUT2D eigenvalue weighted by molar-refractivity contribution is 0.0587. The Morgan fingerprint density at radius 3 is 2.32 bits per heavy atom. The summed E-state index contributed by atoms with van der Waals surface area (Å²) < 4.78 is 29.9. The van der Waals surface area contributed by atoms with Crippen molar-refractivity contribution in [2.24, 2.45) is 11.3 Å². The maximum Gasteiger partial charge on any atom is 0.260 e.